The third-order valence-electron chi connectivity index (χ3n) is 4.82. The first kappa shape index (κ1) is 22.1. The minimum absolute atomic E-state index is 1.18. The molecule has 0 aromatic heterocycles. The van der Waals surface area contributed by atoms with E-state index < -0.39 is 8.56 Å². The van der Waals surface area contributed by atoms with Crippen molar-refractivity contribution >= 4 is 8.56 Å². The van der Waals surface area contributed by atoms with Crippen LogP contribution in [0, 0.1) is 0 Å². The Morgan fingerprint density at radius 2 is 0.818 bits per heavy atom. The zero-order valence-corrected chi connectivity index (χ0v) is 16.9. The Hall–Kier alpha value is 0.137. The number of unbranched alkanes of at least 4 members (excludes halogenated alkanes) is 11. The summed E-state index contributed by atoms with van der Waals surface area (Å²) >= 11 is 0. The quantitative estimate of drug-likeness (QED) is 0.215. The Morgan fingerprint density at radius 3 is 1.14 bits per heavy atom. The standard InChI is InChI=1S/C19H42O2Si/c1-5-7-9-11-12-13-15-17-19-22(20-3,21-4)18-16-14-10-8-6-2/h5-19H2,1-4H3. The third-order valence-corrected chi connectivity index (χ3v) is 8.54. The summed E-state index contributed by atoms with van der Waals surface area (Å²) in [5, 5.41) is 0. The van der Waals surface area contributed by atoms with Crippen molar-refractivity contribution in [1.82, 2.24) is 0 Å². The van der Waals surface area contributed by atoms with E-state index in [2.05, 4.69) is 13.8 Å². The molecule has 0 radical (unpaired) electrons. The molecule has 0 N–H and O–H groups in total. The fourth-order valence-electron chi connectivity index (χ4n) is 3.14. The van der Waals surface area contributed by atoms with Gasteiger partial charge in [0, 0.05) is 14.2 Å². The molecule has 134 valence electrons. The Balaban J connectivity index is 3.73. The van der Waals surface area contributed by atoms with Crippen LogP contribution in [0.2, 0.25) is 12.1 Å². The van der Waals surface area contributed by atoms with E-state index in [0.717, 1.165) is 0 Å². The Kier molecular flexibility index (Phi) is 16.1. The van der Waals surface area contributed by atoms with Crippen LogP contribution in [-0.4, -0.2) is 22.8 Å². The monoisotopic (exact) mass is 330 g/mol. The summed E-state index contributed by atoms with van der Waals surface area (Å²) in [7, 11) is 1.85. The van der Waals surface area contributed by atoms with E-state index in [4.69, 9.17) is 8.85 Å². The average Bonchev–Trinajstić information content (AvgIpc) is 2.55. The second-order valence-electron chi connectivity index (χ2n) is 6.71. The smallest absolute Gasteiger partial charge is 0.337 e. The summed E-state index contributed by atoms with van der Waals surface area (Å²) in [6.07, 6.45) is 17.7. The highest BCUT2D eigenvalue weighted by Gasteiger charge is 2.33. The van der Waals surface area contributed by atoms with E-state index in [0.29, 0.717) is 0 Å². The predicted octanol–water partition coefficient (Wildman–Crippen LogP) is 6.83. The molecule has 0 unspecified atom stereocenters. The highest BCUT2D eigenvalue weighted by atomic mass is 28.4. The molecule has 3 heteroatoms. The minimum atomic E-state index is -1.88. The molecule has 0 fully saturated rings. The molecule has 0 rings (SSSR count). The van der Waals surface area contributed by atoms with Crippen LogP contribution >= 0.6 is 0 Å². The zero-order chi connectivity index (χ0) is 16.5. The van der Waals surface area contributed by atoms with Crippen LogP contribution in [0.15, 0.2) is 0 Å². The van der Waals surface area contributed by atoms with Crippen molar-refractivity contribution in [2.24, 2.45) is 0 Å². The van der Waals surface area contributed by atoms with Crippen LogP contribution in [0.3, 0.4) is 0 Å². The molecule has 0 heterocycles. The lowest BCUT2D eigenvalue weighted by molar-refractivity contribution is 0.238. The SMILES string of the molecule is CCCCCCCCCC[Si](CCCCCCC)(OC)OC. The topological polar surface area (TPSA) is 18.5 Å². The summed E-state index contributed by atoms with van der Waals surface area (Å²) in [6, 6.07) is 2.36. The van der Waals surface area contributed by atoms with Crippen molar-refractivity contribution in [3.63, 3.8) is 0 Å². The van der Waals surface area contributed by atoms with Gasteiger partial charge in [0.1, 0.15) is 0 Å². The van der Waals surface area contributed by atoms with E-state index >= 15 is 0 Å². The molecule has 0 aromatic rings. The van der Waals surface area contributed by atoms with E-state index in [1.165, 1.54) is 95.6 Å². The Morgan fingerprint density at radius 1 is 0.500 bits per heavy atom. The maximum atomic E-state index is 5.87. The van der Waals surface area contributed by atoms with Gasteiger partial charge < -0.3 is 8.85 Å². The van der Waals surface area contributed by atoms with Gasteiger partial charge in [-0.15, -0.1) is 0 Å². The summed E-state index contributed by atoms with van der Waals surface area (Å²) in [6.45, 7) is 4.55. The first-order valence-corrected chi connectivity index (χ1v) is 12.1. The maximum absolute atomic E-state index is 5.87. The van der Waals surface area contributed by atoms with Crippen molar-refractivity contribution < 1.29 is 8.85 Å². The predicted molar refractivity (Wildman–Crippen MR) is 101 cm³/mol. The summed E-state index contributed by atoms with van der Waals surface area (Å²) in [5.74, 6) is 0. The van der Waals surface area contributed by atoms with Crippen molar-refractivity contribution in [2.45, 2.75) is 109 Å². The fourth-order valence-corrected chi connectivity index (χ4v) is 5.95. The lowest BCUT2D eigenvalue weighted by Crippen LogP contribution is -2.39. The largest absolute Gasteiger partial charge is 0.398 e. The zero-order valence-electron chi connectivity index (χ0n) is 15.9. The summed E-state index contributed by atoms with van der Waals surface area (Å²) in [4.78, 5) is 0. The van der Waals surface area contributed by atoms with Crippen molar-refractivity contribution in [2.75, 3.05) is 14.2 Å². The summed E-state index contributed by atoms with van der Waals surface area (Å²) in [5.41, 5.74) is 0. The lowest BCUT2D eigenvalue weighted by atomic mass is 10.1. The molecule has 0 aliphatic carbocycles. The van der Waals surface area contributed by atoms with Crippen molar-refractivity contribution in [3.05, 3.63) is 0 Å². The normalized spacial score (nSPS) is 12.0. The first-order chi connectivity index (χ1) is 10.7. The van der Waals surface area contributed by atoms with Gasteiger partial charge >= 0.3 is 8.56 Å². The maximum Gasteiger partial charge on any atom is 0.337 e. The van der Waals surface area contributed by atoms with Crippen LogP contribution in [0.25, 0.3) is 0 Å². The Labute approximate surface area is 141 Å². The van der Waals surface area contributed by atoms with E-state index in [-0.39, 0.29) is 0 Å². The molecule has 0 bridgehead atoms. The van der Waals surface area contributed by atoms with Crippen LogP contribution in [0.1, 0.15) is 97.3 Å². The molecule has 0 aliphatic heterocycles. The molecular formula is C19H42O2Si. The molecule has 0 aliphatic rings. The molecule has 22 heavy (non-hydrogen) atoms. The van der Waals surface area contributed by atoms with Gasteiger partial charge in [0.15, 0.2) is 0 Å². The number of hydrogen-bond donors (Lipinski definition) is 0. The van der Waals surface area contributed by atoms with Gasteiger partial charge in [0.2, 0.25) is 0 Å². The van der Waals surface area contributed by atoms with Gasteiger partial charge in [-0.1, -0.05) is 97.3 Å². The molecule has 0 saturated heterocycles. The molecule has 0 saturated carbocycles. The van der Waals surface area contributed by atoms with Gasteiger partial charge in [-0.2, -0.15) is 0 Å². The van der Waals surface area contributed by atoms with Gasteiger partial charge in [0.05, 0.1) is 0 Å². The molecular weight excluding hydrogens is 288 g/mol. The van der Waals surface area contributed by atoms with Gasteiger partial charge in [0.25, 0.3) is 0 Å². The molecule has 2 nitrogen and oxygen atoms in total. The minimum Gasteiger partial charge on any atom is -0.398 e. The van der Waals surface area contributed by atoms with Gasteiger partial charge in [-0.3, -0.25) is 0 Å². The van der Waals surface area contributed by atoms with Crippen molar-refractivity contribution in [1.29, 1.82) is 0 Å². The molecule has 0 spiro atoms. The first-order valence-electron chi connectivity index (χ1n) is 9.85. The molecule has 0 atom stereocenters. The van der Waals surface area contributed by atoms with E-state index in [1.807, 2.05) is 14.2 Å². The van der Waals surface area contributed by atoms with Crippen LogP contribution in [-0.2, 0) is 8.85 Å². The second kappa shape index (κ2) is 16.0. The van der Waals surface area contributed by atoms with E-state index in [1.54, 1.807) is 0 Å². The molecule has 0 amide bonds. The average molecular weight is 331 g/mol. The van der Waals surface area contributed by atoms with Crippen LogP contribution in [0.5, 0.6) is 0 Å². The van der Waals surface area contributed by atoms with Gasteiger partial charge in [-0.25, -0.2) is 0 Å². The fraction of sp³-hybridized carbons (Fsp3) is 1.00. The van der Waals surface area contributed by atoms with Crippen molar-refractivity contribution in [3.8, 4) is 0 Å². The summed E-state index contributed by atoms with van der Waals surface area (Å²) < 4.78 is 11.7. The third kappa shape index (κ3) is 11.7. The number of rotatable bonds is 17. The van der Waals surface area contributed by atoms with Gasteiger partial charge in [-0.05, 0) is 12.1 Å². The van der Waals surface area contributed by atoms with Crippen LogP contribution < -0.4 is 0 Å². The number of hydrogen-bond acceptors (Lipinski definition) is 2. The highest BCUT2D eigenvalue weighted by molar-refractivity contribution is 6.67. The second-order valence-corrected chi connectivity index (χ2v) is 10.3. The lowest BCUT2D eigenvalue weighted by Gasteiger charge is -2.27. The van der Waals surface area contributed by atoms with Crippen LogP contribution in [0.4, 0.5) is 0 Å². The highest BCUT2D eigenvalue weighted by Crippen LogP contribution is 2.25. The van der Waals surface area contributed by atoms with E-state index in [9.17, 15) is 0 Å². The molecule has 0 aromatic carbocycles. The Bertz CT molecular complexity index is 217.